The van der Waals surface area contributed by atoms with Crippen molar-refractivity contribution in [2.45, 2.75) is 31.3 Å². The number of hydrogen-bond acceptors (Lipinski definition) is 5. The van der Waals surface area contributed by atoms with E-state index in [1.807, 2.05) is 47.0 Å². The molecule has 8 heteroatoms. The fraction of sp³-hybridized carbons (Fsp3) is 0.273. The van der Waals surface area contributed by atoms with Crippen LogP contribution in [0.1, 0.15) is 26.3 Å². The molecule has 3 aromatic rings. The van der Waals surface area contributed by atoms with Gasteiger partial charge in [0.05, 0.1) is 11.8 Å². The second-order valence-electron chi connectivity index (χ2n) is 7.67. The molecule has 0 bridgehead atoms. The summed E-state index contributed by atoms with van der Waals surface area (Å²) in [5.74, 6) is 0.639. The predicted octanol–water partition coefficient (Wildman–Crippen LogP) is 4.73. The summed E-state index contributed by atoms with van der Waals surface area (Å²) in [6.07, 6.45) is 0. The Kier molecular flexibility index (Phi) is 6.95. The van der Waals surface area contributed by atoms with Crippen molar-refractivity contribution in [3.8, 4) is 23.1 Å². The van der Waals surface area contributed by atoms with Crippen molar-refractivity contribution in [2.75, 3.05) is 12.3 Å². The van der Waals surface area contributed by atoms with Gasteiger partial charge in [0.25, 0.3) is 0 Å². The molecule has 3 rings (SSSR count). The van der Waals surface area contributed by atoms with Gasteiger partial charge in [-0.25, -0.2) is 0 Å². The molecule has 0 saturated heterocycles. The number of aromatic nitrogens is 3. The zero-order valence-corrected chi connectivity index (χ0v) is 19.4. The summed E-state index contributed by atoms with van der Waals surface area (Å²) < 4.78 is 2.92. The number of halogens is 1. The molecule has 154 valence electrons. The summed E-state index contributed by atoms with van der Waals surface area (Å²) in [7, 11) is 0. The molecule has 0 fully saturated rings. The average Bonchev–Trinajstić information content (AvgIpc) is 3.14. The molecule has 2 aromatic carbocycles. The molecule has 30 heavy (non-hydrogen) atoms. The fourth-order valence-electron chi connectivity index (χ4n) is 2.81. The van der Waals surface area contributed by atoms with Gasteiger partial charge in [-0.05, 0) is 35.2 Å². The van der Waals surface area contributed by atoms with Crippen molar-refractivity contribution < 1.29 is 4.79 Å². The van der Waals surface area contributed by atoms with E-state index in [9.17, 15) is 4.79 Å². The van der Waals surface area contributed by atoms with Crippen molar-refractivity contribution in [2.24, 2.45) is 0 Å². The number of carbonyl (C=O) groups excluding carboxylic acids is 1. The summed E-state index contributed by atoms with van der Waals surface area (Å²) in [5.41, 5.74) is 3.15. The number of nitrogens with zero attached hydrogens (tertiary/aromatic N) is 4. The van der Waals surface area contributed by atoms with E-state index in [-0.39, 0.29) is 23.6 Å². The van der Waals surface area contributed by atoms with Crippen molar-refractivity contribution >= 4 is 33.6 Å². The van der Waals surface area contributed by atoms with Crippen LogP contribution in [0.4, 0.5) is 0 Å². The van der Waals surface area contributed by atoms with E-state index in [0.717, 1.165) is 15.7 Å². The number of carbonyl (C=O) groups is 1. The number of amides is 1. The number of rotatable bonds is 6. The molecule has 1 amide bonds. The van der Waals surface area contributed by atoms with Crippen LogP contribution in [0.15, 0.2) is 58.2 Å². The molecule has 0 spiro atoms. The van der Waals surface area contributed by atoms with Crippen LogP contribution in [0.3, 0.4) is 0 Å². The number of nitrogens with one attached hydrogen (secondary N) is 1. The lowest BCUT2D eigenvalue weighted by molar-refractivity contribution is -0.118. The van der Waals surface area contributed by atoms with Crippen LogP contribution in [0, 0.1) is 11.3 Å². The molecule has 0 unspecified atom stereocenters. The third-order valence-corrected chi connectivity index (χ3v) is 5.88. The normalized spacial score (nSPS) is 11.2. The van der Waals surface area contributed by atoms with Gasteiger partial charge in [0, 0.05) is 15.7 Å². The van der Waals surface area contributed by atoms with Gasteiger partial charge >= 0.3 is 0 Å². The van der Waals surface area contributed by atoms with E-state index < -0.39 is 0 Å². The van der Waals surface area contributed by atoms with Crippen LogP contribution >= 0.6 is 27.7 Å². The van der Waals surface area contributed by atoms with Crippen molar-refractivity contribution in [1.29, 1.82) is 5.26 Å². The number of benzene rings is 2. The highest BCUT2D eigenvalue weighted by Gasteiger charge is 2.19. The first kappa shape index (κ1) is 22.1. The zero-order valence-electron chi connectivity index (χ0n) is 17.0. The average molecular weight is 484 g/mol. The third-order valence-electron chi connectivity index (χ3n) is 4.42. The van der Waals surface area contributed by atoms with Gasteiger partial charge in [-0.15, -0.1) is 10.2 Å². The van der Waals surface area contributed by atoms with E-state index in [0.29, 0.717) is 11.0 Å². The van der Waals surface area contributed by atoms with Gasteiger partial charge in [0.1, 0.15) is 6.54 Å². The smallest absolute Gasteiger partial charge is 0.231 e. The highest BCUT2D eigenvalue weighted by atomic mass is 79.9. The Balaban J connectivity index is 1.97. The fourth-order valence-corrected chi connectivity index (χ4v) is 3.86. The van der Waals surface area contributed by atoms with Crippen molar-refractivity contribution in [3.05, 3.63) is 58.6 Å². The maximum absolute atomic E-state index is 11.9. The highest BCUT2D eigenvalue weighted by molar-refractivity contribution is 9.10. The van der Waals surface area contributed by atoms with Crippen LogP contribution in [0.25, 0.3) is 17.1 Å². The van der Waals surface area contributed by atoms with Gasteiger partial charge < -0.3 is 5.32 Å². The lowest BCUT2D eigenvalue weighted by Gasteiger charge is -2.19. The molecule has 0 saturated carbocycles. The predicted molar refractivity (Wildman–Crippen MR) is 123 cm³/mol. The quantitative estimate of drug-likeness (QED) is 0.404. The van der Waals surface area contributed by atoms with Crippen LogP contribution < -0.4 is 5.32 Å². The molecular formula is C22H22BrN5OS. The van der Waals surface area contributed by atoms with E-state index in [2.05, 4.69) is 64.3 Å². The van der Waals surface area contributed by atoms with Gasteiger partial charge in [0.2, 0.25) is 5.91 Å². The summed E-state index contributed by atoms with van der Waals surface area (Å²) in [6, 6.07) is 18.1. The molecule has 1 N–H and O–H groups in total. The number of hydrogen-bond donors (Lipinski definition) is 1. The lowest BCUT2D eigenvalue weighted by Crippen LogP contribution is -2.25. The SMILES string of the molecule is CC(C)(C)c1ccc(-c2nnc(SCC(=O)NCC#N)n2-c2ccc(Br)cc2)cc1. The summed E-state index contributed by atoms with van der Waals surface area (Å²) >= 11 is 4.75. The van der Waals surface area contributed by atoms with Crippen LogP contribution in [0.5, 0.6) is 0 Å². The second kappa shape index (κ2) is 9.45. The minimum absolute atomic E-state index is 0.00975. The van der Waals surface area contributed by atoms with E-state index >= 15 is 0 Å². The lowest BCUT2D eigenvalue weighted by atomic mass is 9.87. The number of thioether (sulfide) groups is 1. The third kappa shape index (κ3) is 5.29. The minimum atomic E-state index is -0.219. The number of nitriles is 1. The molecule has 0 aliphatic carbocycles. The standard InChI is InChI=1S/C22H22BrN5OS/c1-22(2,3)16-6-4-15(5-7-16)20-26-27-21(30-14-19(29)25-13-12-24)28(20)18-10-8-17(23)9-11-18/h4-11H,13-14H2,1-3H3,(H,25,29). The van der Waals surface area contributed by atoms with E-state index in [1.54, 1.807) is 0 Å². The summed E-state index contributed by atoms with van der Waals surface area (Å²) in [5, 5.41) is 20.5. The first-order valence-electron chi connectivity index (χ1n) is 9.38. The van der Waals surface area contributed by atoms with Gasteiger partial charge in [-0.3, -0.25) is 9.36 Å². The largest absolute Gasteiger partial charge is 0.342 e. The summed E-state index contributed by atoms with van der Waals surface area (Å²) in [6.45, 7) is 6.53. The second-order valence-corrected chi connectivity index (χ2v) is 9.53. The van der Waals surface area contributed by atoms with Crippen LogP contribution in [-0.2, 0) is 10.2 Å². The van der Waals surface area contributed by atoms with Gasteiger partial charge in [-0.1, -0.05) is 72.7 Å². The Hall–Kier alpha value is -2.63. The molecule has 0 radical (unpaired) electrons. The molecular weight excluding hydrogens is 462 g/mol. The Bertz CT molecular complexity index is 1060. The monoisotopic (exact) mass is 483 g/mol. The molecule has 1 heterocycles. The molecule has 0 atom stereocenters. The maximum Gasteiger partial charge on any atom is 0.231 e. The topological polar surface area (TPSA) is 83.6 Å². The minimum Gasteiger partial charge on any atom is -0.342 e. The highest BCUT2D eigenvalue weighted by Crippen LogP contribution is 2.30. The Morgan fingerprint density at radius 2 is 1.80 bits per heavy atom. The van der Waals surface area contributed by atoms with E-state index in [4.69, 9.17) is 5.26 Å². The molecule has 0 aliphatic rings. The van der Waals surface area contributed by atoms with Crippen LogP contribution in [-0.4, -0.2) is 33.0 Å². The molecule has 0 aliphatic heterocycles. The first-order valence-corrected chi connectivity index (χ1v) is 11.2. The maximum atomic E-state index is 11.9. The van der Waals surface area contributed by atoms with Crippen molar-refractivity contribution in [3.63, 3.8) is 0 Å². The summed E-state index contributed by atoms with van der Waals surface area (Å²) in [4.78, 5) is 11.9. The van der Waals surface area contributed by atoms with Gasteiger partial charge in [0.15, 0.2) is 11.0 Å². The molecule has 6 nitrogen and oxygen atoms in total. The van der Waals surface area contributed by atoms with Crippen LogP contribution in [0.2, 0.25) is 0 Å². The Morgan fingerprint density at radius 1 is 1.13 bits per heavy atom. The Labute approximate surface area is 188 Å². The Morgan fingerprint density at radius 3 is 2.40 bits per heavy atom. The zero-order chi connectivity index (χ0) is 21.7. The van der Waals surface area contributed by atoms with E-state index in [1.165, 1.54) is 17.3 Å². The van der Waals surface area contributed by atoms with Crippen molar-refractivity contribution in [1.82, 2.24) is 20.1 Å². The molecule has 1 aromatic heterocycles. The first-order chi connectivity index (χ1) is 14.3. The van der Waals surface area contributed by atoms with Gasteiger partial charge in [-0.2, -0.15) is 5.26 Å².